The van der Waals surface area contributed by atoms with Crippen molar-refractivity contribution in [1.29, 1.82) is 0 Å². The van der Waals surface area contributed by atoms with Crippen LogP contribution in [0.5, 0.6) is 0 Å². The Morgan fingerprint density at radius 1 is 1.33 bits per heavy atom. The molecule has 2 aromatic rings. The third-order valence-corrected chi connectivity index (χ3v) is 2.52. The summed E-state index contributed by atoms with van der Waals surface area (Å²) in [5, 5.41) is 0. The summed E-state index contributed by atoms with van der Waals surface area (Å²) in [5.41, 5.74) is 2.73. The number of hydrogen-bond acceptors (Lipinski definition) is 2. The molecule has 0 fully saturated rings. The molecule has 4 heteroatoms. The molecule has 0 aromatic carbocycles. The van der Waals surface area contributed by atoms with Crippen molar-refractivity contribution in [2.24, 2.45) is 0 Å². The molecule has 0 bridgehead atoms. The Morgan fingerprint density at radius 2 is 2.08 bits per heavy atom. The summed E-state index contributed by atoms with van der Waals surface area (Å²) < 4.78 is 1.01. The van der Waals surface area contributed by atoms with Gasteiger partial charge in [-0.2, -0.15) is 0 Å². The maximum atomic E-state index is 4.31. The number of imidazole rings is 1. The fourth-order valence-corrected chi connectivity index (χ4v) is 1.44. The highest BCUT2D eigenvalue weighted by molar-refractivity contribution is 9.10. The van der Waals surface area contributed by atoms with E-state index in [2.05, 4.69) is 30.9 Å². The van der Waals surface area contributed by atoms with Crippen LogP contribution in [0.15, 0.2) is 10.5 Å². The van der Waals surface area contributed by atoms with Crippen LogP contribution in [0.3, 0.4) is 0 Å². The smallest absolute Gasteiger partial charge is 0.177 e. The Bertz CT molecular complexity index is 394. The minimum atomic E-state index is 0.785. The van der Waals surface area contributed by atoms with Crippen molar-refractivity contribution < 1.29 is 0 Å². The Hall–Kier alpha value is -0.900. The van der Waals surface area contributed by atoms with Gasteiger partial charge in [0.1, 0.15) is 5.82 Å². The van der Waals surface area contributed by atoms with E-state index in [1.807, 2.05) is 19.9 Å². The largest absolute Gasteiger partial charge is 0.341 e. The standard InChI is InChI=1S/C8H8BrN3/c1-4-6(9)3-7-8(10-4)12-5(2)11-7/h3H,1-2H3,(H,10,11,12). The second kappa shape index (κ2) is 2.55. The Balaban J connectivity index is 2.83. The first kappa shape index (κ1) is 7.73. The number of pyridine rings is 1. The van der Waals surface area contributed by atoms with Crippen molar-refractivity contribution in [3.63, 3.8) is 0 Å². The van der Waals surface area contributed by atoms with E-state index in [0.29, 0.717) is 0 Å². The lowest BCUT2D eigenvalue weighted by atomic mass is 10.3. The molecular formula is C8H8BrN3. The summed E-state index contributed by atoms with van der Waals surface area (Å²) in [6, 6.07) is 2.00. The van der Waals surface area contributed by atoms with Crippen molar-refractivity contribution in [2.45, 2.75) is 13.8 Å². The normalized spacial score (nSPS) is 10.9. The lowest BCUT2D eigenvalue weighted by Gasteiger charge is -1.94. The number of fused-ring (bicyclic) bond motifs is 1. The number of H-pyrrole nitrogens is 1. The Kier molecular flexibility index (Phi) is 1.65. The molecule has 2 heterocycles. The summed E-state index contributed by atoms with van der Waals surface area (Å²) >= 11 is 3.42. The molecule has 1 N–H and O–H groups in total. The van der Waals surface area contributed by atoms with E-state index in [1.54, 1.807) is 0 Å². The van der Waals surface area contributed by atoms with Crippen molar-refractivity contribution in [2.75, 3.05) is 0 Å². The number of aromatic amines is 1. The molecule has 0 spiro atoms. The first-order valence-corrected chi connectivity index (χ1v) is 4.45. The predicted molar refractivity (Wildman–Crippen MR) is 51.1 cm³/mol. The molecule has 0 unspecified atom stereocenters. The van der Waals surface area contributed by atoms with Crippen LogP contribution >= 0.6 is 15.9 Å². The molecule has 0 aliphatic rings. The molecule has 0 radical (unpaired) electrons. The number of nitrogens with one attached hydrogen (secondary N) is 1. The van der Waals surface area contributed by atoms with Gasteiger partial charge in [-0.1, -0.05) is 0 Å². The third kappa shape index (κ3) is 1.12. The van der Waals surface area contributed by atoms with Crippen LogP contribution in [0.25, 0.3) is 11.2 Å². The van der Waals surface area contributed by atoms with Crippen molar-refractivity contribution in [3.05, 3.63) is 22.1 Å². The monoisotopic (exact) mass is 225 g/mol. The van der Waals surface area contributed by atoms with Gasteiger partial charge in [0, 0.05) is 4.47 Å². The summed E-state index contributed by atoms with van der Waals surface area (Å²) in [5.74, 6) is 0.898. The minimum absolute atomic E-state index is 0.785. The van der Waals surface area contributed by atoms with Crippen molar-refractivity contribution in [1.82, 2.24) is 15.0 Å². The van der Waals surface area contributed by atoms with Gasteiger partial charge in [0.15, 0.2) is 5.65 Å². The molecule has 12 heavy (non-hydrogen) atoms. The van der Waals surface area contributed by atoms with E-state index < -0.39 is 0 Å². The van der Waals surface area contributed by atoms with Gasteiger partial charge in [0.05, 0.1) is 11.2 Å². The summed E-state index contributed by atoms with van der Waals surface area (Å²) in [6.45, 7) is 3.87. The maximum absolute atomic E-state index is 4.31. The first-order chi connectivity index (χ1) is 5.66. The topological polar surface area (TPSA) is 41.6 Å². The number of aryl methyl sites for hydroxylation is 2. The molecule has 2 rings (SSSR count). The van der Waals surface area contributed by atoms with Gasteiger partial charge in [-0.3, -0.25) is 0 Å². The average molecular weight is 226 g/mol. The molecule has 3 nitrogen and oxygen atoms in total. The van der Waals surface area contributed by atoms with Gasteiger partial charge >= 0.3 is 0 Å². The summed E-state index contributed by atoms with van der Waals surface area (Å²) in [6.07, 6.45) is 0. The quantitative estimate of drug-likeness (QED) is 0.748. The minimum Gasteiger partial charge on any atom is -0.341 e. The van der Waals surface area contributed by atoms with Crippen LogP contribution in [-0.2, 0) is 0 Å². The van der Waals surface area contributed by atoms with Crippen LogP contribution in [0.2, 0.25) is 0 Å². The zero-order valence-electron chi connectivity index (χ0n) is 6.85. The second-order valence-corrected chi connectivity index (χ2v) is 3.60. The van der Waals surface area contributed by atoms with Gasteiger partial charge in [0.2, 0.25) is 0 Å². The van der Waals surface area contributed by atoms with E-state index in [9.17, 15) is 0 Å². The molecule has 0 saturated heterocycles. The molecule has 0 aliphatic heterocycles. The predicted octanol–water partition coefficient (Wildman–Crippen LogP) is 2.34. The molecule has 62 valence electrons. The summed E-state index contributed by atoms with van der Waals surface area (Å²) in [4.78, 5) is 11.7. The zero-order chi connectivity index (χ0) is 8.72. The molecule has 0 amide bonds. The fraction of sp³-hybridized carbons (Fsp3) is 0.250. The van der Waals surface area contributed by atoms with Crippen LogP contribution in [-0.4, -0.2) is 15.0 Å². The number of hydrogen-bond donors (Lipinski definition) is 1. The van der Waals surface area contributed by atoms with Crippen LogP contribution in [0.1, 0.15) is 11.5 Å². The maximum Gasteiger partial charge on any atom is 0.177 e. The average Bonchev–Trinajstić information content (AvgIpc) is 2.30. The van der Waals surface area contributed by atoms with Crippen LogP contribution < -0.4 is 0 Å². The number of nitrogens with zero attached hydrogens (tertiary/aromatic N) is 2. The van der Waals surface area contributed by atoms with Gasteiger partial charge in [-0.15, -0.1) is 0 Å². The highest BCUT2D eigenvalue weighted by atomic mass is 79.9. The lowest BCUT2D eigenvalue weighted by Crippen LogP contribution is -1.83. The van der Waals surface area contributed by atoms with Crippen molar-refractivity contribution >= 4 is 27.1 Å². The highest BCUT2D eigenvalue weighted by Gasteiger charge is 2.03. The van der Waals surface area contributed by atoms with E-state index in [4.69, 9.17) is 0 Å². The molecule has 0 atom stereocenters. The molecule has 0 aliphatic carbocycles. The third-order valence-electron chi connectivity index (χ3n) is 1.72. The van der Waals surface area contributed by atoms with E-state index in [0.717, 1.165) is 27.2 Å². The SMILES string of the molecule is Cc1nc2nc(C)c(Br)cc2[nH]1. The van der Waals surface area contributed by atoms with Crippen molar-refractivity contribution in [3.8, 4) is 0 Å². The van der Waals surface area contributed by atoms with E-state index >= 15 is 0 Å². The molecule has 2 aromatic heterocycles. The fourth-order valence-electron chi connectivity index (χ4n) is 1.13. The zero-order valence-corrected chi connectivity index (χ0v) is 8.44. The van der Waals surface area contributed by atoms with Gasteiger partial charge < -0.3 is 4.98 Å². The number of aromatic nitrogens is 3. The first-order valence-electron chi connectivity index (χ1n) is 3.66. The van der Waals surface area contributed by atoms with Gasteiger partial charge in [-0.25, -0.2) is 9.97 Å². The van der Waals surface area contributed by atoms with Crippen LogP contribution in [0, 0.1) is 13.8 Å². The number of halogens is 1. The van der Waals surface area contributed by atoms with Gasteiger partial charge in [-0.05, 0) is 35.8 Å². The molecular weight excluding hydrogens is 218 g/mol. The highest BCUT2D eigenvalue weighted by Crippen LogP contribution is 2.18. The molecule has 0 saturated carbocycles. The Morgan fingerprint density at radius 3 is 2.83 bits per heavy atom. The number of rotatable bonds is 0. The lowest BCUT2D eigenvalue weighted by molar-refractivity contribution is 1.15. The summed E-state index contributed by atoms with van der Waals surface area (Å²) in [7, 11) is 0. The van der Waals surface area contributed by atoms with Crippen LogP contribution in [0.4, 0.5) is 0 Å². The van der Waals surface area contributed by atoms with E-state index in [1.165, 1.54) is 0 Å². The Labute approximate surface area is 78.4 Å². The van der Waals surface area contributed by atoms with Gasteiger partial charge in [0.25, 0.3) is 0 Å². The second-order valence-electron chi connectivity index (χ2n) is 2.75. The van der Waals surface area contributed by atoms with E-state index in [-0.39, 0.29) is 0 Å².